The standard InChI is InChI=1S/C32H58O10.C12H14O2.C8H18O4.K.H2O/c1-5-7-12-35-14-16-37-18-20-39-22-24-41-27-31(3,33)29-10-9-11-30(26-29)32(4,34)28-42-25-23-40-21-19-38-17-15-36-13-8-6-2;1-11(7-13-11)9-4-3-5-10(6-9)12(2)8-14-12;1-2-3-4-10-5-6-11-7-8-12-9;;/h9-11,26,33-34H,5-8,12-25,27-28H2,1-4H3;3-6H,7-8H2,1-2H3;9H,2-8H2,1H3;;1H2/q;;;+1;/p-1. The van der Waals surface area contributed by atoms with E-state index in [9.17, 15) is 10.2 Å². The van der Waals surface area contributed by atoms with E-state index in [4.69, 9.17) is 62.1 Å². The maximum atomic E-state index is 11.0. The molecule has 4 unspecified atom stereocenters. The van der Waals surface area contributed by atoms with Gasteiger partial charge in [-0.2, -0.15) is 0 Å². The molecule has 17 nitrogen and oxygen atoms in total. The number of hydrogen-bond acceptors (Lipinski definition) is 17. The molecule has 2 heterocycles. The zero-order valence-corrected chi connectivity index (χ0v) is 47.3. The molecule has 0 saturated carbocycles. The van der Waals surface area contributed by atoms with Crippen molar-refractivity contribution < 1.29 is 134 Å². The molecule has 2 saturated heterocycles. The van der Waals surface area contributed by atoms with Gasteiger partial charge in [0.1, 0.15) is 29.0 Å². The van der Waals surface area contributed by atoms with Gasteiger partial charge in [-0.15, -0.1) is 0 Å². The third kappa shape index (κ3) is 33.3. The number of unbranched alkanes of at least 4 members (excludes halogenated alkanes) is 3. The minimum absolute atomic E-state index is 0. The van der Waals surface area contributed by atoms with Crippen molar-refractivity contribution in [2.24, 2.45) is 0 Å². The fourth-order valence-corrected chi connectivity index (χ4v) is 6.10. The van der Waals surface area contributed by atoms with Gasteiger partial charge in [-0.1, -0.05) is 76.4 Å². The van der Waals surface area contributed by atoms with Crippen LogP contribution in [0.1, 0.15) is 109 Å². The zero-order valence-electron chi connectivity index (χ0n) is 44.2. The first-order valence-electron chi connectivity index (χ1n) is 24.9. The fraction of sp³-hybridized carbons (Fsp3) is 0.769. The average Bonchev–Trinajstić information content (AvgIpc) is 4.28. The minimum atomic E-state index is -1.23. The van der Waals surface area contributed by atoms with Crippen molar-refractivity contribution in [1.82, 2.24) is 0 Å². The number of rotatable bonds is 41. The number of ether oxygens (including phenoxy) is 12. The van der Waals surface area contributed by atoms with Gasteiger partial charge in [0.2, 0.25) is 0 Å². The Balaban J connectivity index is 0.00000136. The SMILES string of the molecule is CC1(c2cccc(C3(C)CO3)c2)CO1.CCCCOCCOCCOCCOCC(C)(O)c1cccc(C(C)(O)COCCOCCOCCOCCCC)c1.CCCCOCCOCCOO.[K+].[OH-]. The minimum Gasteiger partial charge on any atom is -0.870 e. The van der Waals surface area contributed by atoms with Crippen molar-refractivity contribution in [3.05, 3.63) is 70.8 Å². The summed E-state index contributed by atoms with van der Waals surface area (Å²) in [4.78, 5) is 3.82. The summed E-state index contributed by atoms with van der Waals surface area (Å²) in [5.74, 6) is 0. The molecule has 18 heteroatoms. The second-order valence-corrected chi connectivity index (χ2v) is 17.6. The molecule has 0 spiro atoms. The summed E-state index contributed by atoms with van der Waals surface area (Å²) in [6, 6.07) is 15.8. The first-order valence-corrected chi connectivity index (χ1v) is 24.9. The predicted octanol–water partition coefficient (Wildman–Crippen LogP) is 4.15. The van der Waals surface area contributed by atoms with E-state index in [-0.39, 0.29) is 87.9 Å². The first kappa shape index (κ1) is 69.4. The van der Waals surface area contributed by atoms with E-state index in [2.05, 4.69) is 63.8 Å². The Morgan fingerprint density at radius 3 is 1.01 bits per heavy atom. The largest absolute Gasteiger partial charge is 1.00 e. The van der Waals surface area contributed by atoms with E-state index < -0.39 is 11.2 Å². The molecule has 2 aromatic rings. The normalized spacial score (nSPS) is 18.5. The monoisotopic (exact) mass is 1030 g/mol. The van der Waals surface area contributed by atoms with Gasteiger partial charge in [0.25, 0.3) is 0 Å². The van der Waals surface area contributed by atoms with Crippen LogP contribution in [0, 0.1) is 0 Å². The van der Waals surface area contributed by atoms with E-state index in [1.54, 1.807) is 19.9 Å². The van der Waals surface area contributed by atoms with Gasteiger partial charge in [-0.25, -0.2) is 4.89 Å². The molecule has 0 amide bonds. The van der Waals surface area contributed by atoms with E-state index in [0.29, 0.717) is 110 Å². The Labute approximate surface area is 462 Å². The van der Waals surface area contributed by atoms with Crippen molar-refractivity contribution in [3.8, 4) is 0 Å². The smallest absolute Gasteiger partial charge is 0.870 e. The maximum Gasteiger partial charge on any atom is 1.00 e. The molecule has 0 radical (unpaired) electrons. The van der Waals surface area contributed by atoms with Crippen molar-refractivity contribution in [1.29, 1.82) is 0 Å². The maximum absolute atomic E-state index is 11.0. The molecule has 2 aliphatic rings. The topological polar surface area (TPSA) is 217 Å². The van der Waals surface area contributed by atoms with Crippen molar-refractivity contribution in [2.45, 2.75) is 109 Å². The molecular formula is C52H91KO17. The van der Waals surface area contributed by atoms with Gasteiger partial charge in [-0.05, 0) is 81.3 Å². The van der Waals surface area contributed by atoms with Crippen molar-refractivity contribution in [2.75, 3.05) is 152 Å². The van der Waals surface area contributed by atoms with Crippen LogP contribution in [0.5, 0.6) is 0 Å². The number of benzene rings is 2. The summed E-state index contributed by atoms with van der Waals surface area (Å²) in [6.07, 6.45) is 6.64. The molecule has 4 atom stereocenters. The second-order valence-electron chi connectivity index (χ2n) is 17.6. The van der Waals surface area contributed by atoms with E-state index in [1.807, 2.05) is 18.2 Å². The van der Waals surface area contributed by atoms with E-state index in [1.165, 1.54) is 11.1 Å². The number of aliphatic hydroxyl groups is 2. The van der Waals surface area contributed by atoms with Gasteiger partial charge in [-0.3, -0.25) is 5.26 Å². The predicted molar refractivity (Wildman–Crippen MR) is 262 cm³/mol. The van der Waals surface area contributed by atoms with Crippen LogP contribution >= 0.6 is 0 Å². The Hall–Kier alpha value is -0.604. The van der Waals surface area contributed by atoms with Crippen molar-refractivity contribution >= 4 is 0 Å². The Bertz CT molecular complexity index is 1390. The molecule has 2 aliphatic heterocycles. The van der Waals surface area contributed by atoms with Crippen LogP contribution in [-0.2, 0) is 84.1 Å². The van der Waals surface area contributed by atoms with Crippen LogP contribution in [0.15, 0.2) is 48.5 Å². The van der Waals surface area contributed by atoms with Crippen LogP contribution < -0.4 is 51.4 Å². The summed E-state index contributed by atoms with van der Waals surface area (Å²) >= 11 is 0. The Kier molecular flexibility index (Phi) is 42.2. The molecule has 0 bridgehead atoms. The molecule has 0 aromatic heterocycles. The number of epoxide rings is 2. The van der Waals surface area contributed by atoms with Gasteiger partial charge in [0.05, 0.1) is 126 Å². The Morgan fingerprint density at radius 1 is 0.457 bits per heavy atom. The first-order chi connectivity index (χ1) is 32.9. The Morgan fingerprint density at radius 2 is 0.729 bits per heavy atom. The fourth-order valence-electron chi connectivity index (χ4n) is 6.10. The van der Waals surface area contributed by atoms with Crippen LogP contribution in [0.3, 0.4) is 0 Å². The van der Waals surface area contributed by atoms with Gasteiger partial charge in [0.15, 0.2) is 0 Å². The molecule has 4 N–H and O–H groups in total. The van der Waals surface area contributed by atoms with Crippen LogP contribution in [0.4, 0.5) is 0 Å². The summed E-state index contributed by atoms with van der Waals surface area (Å²) in [5.41, 5.74) is 1.32. The van der Waals surface area contributed by atoms with Crippen LogP contribution in [0.25, 0.3) is 0 Å². The van der Waals surface area contributed by atoms with Crippen molar-refractivity contribution in [3.63, 3.8) is 0 Å². The molecule has 2 fully saturated rings. The third-order valence-corrected chi connectivity index (χ3v) is 11.0. The van der Waals surface area contributed by atoms with Gasteiger partial charge >= 0.3 is 51.4 Å². The molecule has 402 valence electrons. The zero-order chi connectivity index (χ0) is 49.7. The summed E-state index contributed by atoms with van der Waals surface area (Å²) in [6.45, 7) is 25.9. The van der Waals surface area contributed by atoms with E-state index in [0.717, 1.165) is 71.6 Å². The molecule has 0 aliphatic carbocycles. The molecule has 2 aromatic carbocycles. The molecule has 70 heavy (non-hydrogen) atoms. The average molecular weight is 1030 g/mol. The van der Waals surface area contributed by atoms with Gasteiger partial charge in [0, 0.05) is 19.8 Å². The van der Waals surface area contributed by atoms with Crippen LogP contribution in [-0.4, -0.2) is 173 Å². The van der Waals surface area contributed by atoms with E-state index >= 15 is 0 Å². The van der Waals surface area contributed by atoms with Crippen LogP contribution in [0.2, 0.25) is 0 Å². The quantitative estimate of drug-likeness (QED) is 0.0280. The third-order valence-electron chi connectivity index (χ3n) is 11.0. The summed E-state index contributed by atoms with van der Waals surface area (Å²) < 4.78 is 65.3. The van der Waals surface area contributed by atoms with Gasteiger partial charge < -0.3 is 72.5 Å². The molecular weight excluding hydrogens is 936 g/mol. The second kappa shape index (κ2) is 42.6. The molecule has 4 rings (SSSR count). The summed E-state index contributed by atoms with van der Waals surface area (Å²) in [7, 11) is 0. The summed E-state index contributed by atoms with van der Waals surface area (Å²) in [5, 5.41) is 29.9. The number of hydrogen-bond donors (Lipinski definition) is 3.